The van der Waals surface area contributed by atoms with Crippen molar-refractivity contribution >= 4 is 17.5 Å². The number of anilines is 2. The zero-order valence-electron chi connectivity index (χ0n) is 18.1. The Kier molecular flexibility index (Phi) is 5.75. The summed E-state index contributed by atoms with van der Waals surface area (Å²) >= 11 is 0. The van der Waals surface area contributed by atoms with Gasteiger partial charge in [0.15, 0.2) is 0 Å². The maximum atomic E-state index is 12.7. The monoisotopic (exact) mass is 417 g/mol. The highest BCUT2D eigenvalue weighted by Gasteiger charge is 2.23. The minimum absolute atomic E-state index is 0.0917. The predicted molar refractivity (Wildman–Crippen MR) is 123 cm³/mol. The van der Waals surface area contributed by atoms with Gasteiger partial charge in [-0.25, -0.2) is 4.79 Å². The van der Waals surface area contributed by atoms with Crippen LogP contribution in [0.2, 0.25) is 0 Å². The highest BCUT2D eigenvalue weighted by Crippen LogP contribution is 2.19. The molecule has 1 aliphatic rings. The topological polar surface area (TPSA) is 70.5 Å². The van der Waals surface area contributed by atoms with Gasteiger partial charge in [0.05, 0.1) is 5.69 Å². The number of aromatic nitrogens is 2. The third-order valence-corrected chi connectivity index (χ3v) is 5.80. The van der Waals surface area contributed by atoms with Crippen molar-refractivity contribution in [3.05, 3.63) is 81.6 Å². The summed E-state index contributed by atoms with van der Waals surface area (Å²) in [5, 5.41) is 7.59. The Morgan fingerprint density at radius 2 is 1.61 bits per heavy atom. The van der Waals surface area contributed by atoms with Crippen molar-refractivity contribution in [2.75, 3.05) is 36.4 Å². The average molecular weight is 418 g/mol. The number of hydrogen-bond donors (Lipinski definition) is 1. The fourth-order valence-electron chi connectivity index (χ4n) is 3.66. The van der Waals surface area contributed by atoms with Crippen molar-refractivity contribution in [1.29, 1.82) is 0 Å². The van der Waals surface area contributed by atoms with Crippen molar-refractivity contribution in [1.82, 2.24) is 14.7 Å². The molecule has 2 amide bonds. The van der Waals surface area contributed by atoms with Crippen molar-refractivity contribution in [2.24, 2.45) is 0 Å². The van der Waals surface area contributed by atoms with Crippen LogP contribution in [0, 0.1) is 20.8 Å². The van der Waals surface area contributed by atoms with Crippen LogP contribution in [-0.4, -0.2) is 46.9 Å². The van der Waals surface area contributed by atoms with Gasteiger partial charge in [-0.2, -0.15) is 4.68 Å². The third-order valence-electron chi connectivity index (χ3n) is 5.80. The van der Waals surface area contributed by atoms with E-state index in [0.29, 0.717) is 26.2 Å². The number of nitrogens with zero attached hydrogens (tertiary/aromatic N) is 4. The second kappa shape index (κ2) is 8.63. The summed E-state index contributed by atoms with van der Waals surface area (Å²) in [6.07, 6.45) is 0. The van der Waals surface area contributed by atoms with Gasteiger partial charge in [-0.3, -0.25) is 4.79 Å². The molecule has 0 radical (unpaired) electrons. The number of aryl methyl sites for hydroxylation is 2. The lowest BCUT2D eigenvalue weighted by Gasteiger charge is -2.35. The fraction of sp³-hybridized carbons (Fsp3) is 0.292. The molecule has 1 fully saturated rings. The maximum absolute atomic E-state index is 12.7. The first-order valence-electron chi connectivity index (χ1n) is 10.5. The van der Waals surface area contributed by atoms with Crippen molar-refractivity contribution in [3.63, 3.8) is 0 Å². The summed E-state index contributed by atoms with van der Waals surface area (Å²) in [5.74, 6) is 0.731. The molecule has 2 heterocycles. The Hall–Kier alpha value is -3.61. The summed E-state index contributed by atoms with van der Waals surface area (Å²) < 4.78 is 1.42. The Bertz CT molecular complexity index is 1150. The number of nitrogens with one attached hydrogen (secondary N) is 1. The Morgan fingerprint density at radius 3 is 2.32 bits per heavy atom. The molecule has 7 heteroatoms. The van der Waals surface area contributed by atoms with Crippen LogP contribution in [0.3, 0.4) is 0 Å². The molecule has 0 saturated carbocycles. The van der Waals surface area contributed by atoms with E-state index in [1.165, 1.54) is 4.68 Å². The van der Waals surface area contributed by atoms with E-state index in [1.54, 1.807) is 12.1 Å². The molecule has 0 spiro atoms. The molecule has 0 unspecified atom stereocenters. The first-order valence-corrected chi connectivity index (χ1v) is 10.5. The van der Waals surface area contributed by atoms with Crippen LogP contribution in [0.1, 0.15) is 16.7 Å². The molecule has 7 nitrogen and oxygen atoms in total. The smallest absolute Gasteiger partial charge is 0.321 e. The molecule has 1 saturated heterocycles. The molecule has 0 aliphatic carbocycles. The lowest BCUT2D eigenvalue weighted by Crippen LogP contribution is -2.50. The molecule has 3 aromatic rings. The third kappa shape index (κ3) is 4.45. The minimum Gasteiger partial charge on any atom is -0.352 e. The van der Waals surface area contributed by atoms with Gasteiger partial charge in [-0.05, 0) is 56.2 Å². The van der Waals surface area contributed by atoms with Crippen molar-refractivity contribution in [2.45, 2.75) is 20.8 Å². The summed E-state index contributed by atoms with van der Waals surface area (Å²) in [4.78, 5) is 29.0. The lowest BCUT2D eigenvalue weighted by atomic mass is 10.1. The van der Waals surface area contributed by atoms with Crippen molar-refractivity contribution in [3.8, 4) is 5.69 Å². The molecule has 1 aliphatic heterocycles. The molecular weight excluding hydrogens is 390 g/mol. The lowest BCUT2D eigenvalue weighted by molar-refractivity contribution is 0.208. The van der Waals surface area contributed by atoms with E-state index in [9.17, 15) is 9.59 Å². The van der Waals surface area contributed by atoms with Crippen LogP contribution in [0.4, 0.5) is 16.3 Å². The molecule has 1 aromatic heterocycles. The molecular formula is C24H27N5O2. The van der Waals surface area contributed by atoms with Gasteiger partial charge in [-0.1, -0.05) is 29.8 Å². The number of carbonyl (C=O) groups excluding carboxylic acids is 1. The zero-order valence-corrected chi connectivity index (χ0v) is 18.1. The van der Waals surface area contributed by atoms with E-state index in [1.807, 2.05) is 68.1 Å². The van der Waals surface area contributed by atoms with Crippen molar-refractivity contribution < 1.29 is 4.79 Å². The first kappa shape index (κ1) is 20.7. The van der Waals surface area contributed by atoms with Crippen LogP contribution < -0.4 is 15.8 Å². The highest BCUT2D eigenvalue weighted by atomic mass is 16.2. The number of benzene rings is 2. The maximum Gasteiger partial charge on any atom is 0.321 e. The van der Waals surface area contributed by atoms with E-state index in [-0.39, 0.29) is 11.6 Å². The number of amides is 2. The van der Waals surface area contributed by atoms with Crippen LogP contribution in [-0.2, 0) is 0 Å². The predicted octanol–water partition coefficient (Wildman–Crippen LogP) is 3.51. The van der Waals surface area contributed by atoms with E-state index in [4.69, 9.17) is 0 Å². The standard InChI is InChI=1S/C24H27N5O2/c1-17-7-9-20(10-8-17)29-23(30)12-11-22(26-29)27-13-15-28(16-14-27)24(31)25-21-6-4-5-18(2)19(21)3/h4-12H,13-16H2,1-3H3,(H,25,31). The molecule has 160 valence electrons. The van der Waals surface area contributed by atoms with Gasteiger partial charge >= 0.3 is 6.03 Å². The Balaban J connectivity index is 1.43. The summed E-state index contributed by atoms with van der Waals surface area (Å²) in [5.41, 5.74) is 4.78. The summed E-state index contributed by atoms with van der Waals surface area (Å²) in [6.45, 7) is 8.53. The van der Waals surface area contributed by atoms with E-state index >= 15 is 0 Å². The van der Waals surface area contributed by atoms with Gasteiger partial charge in [0.2, 0.25) is 0 Å². The Labute approximate surface area is 181 Å². The molecule has 1 N–H and O–H groups in total. The number of rotatable bonds is 3. The zero-order chi connectivity index (χ0) is 22.0. The second-order valence-corrected chi connectivity index (χ2v) is 7.93. The highest BCUT2D eigenvalue weighted by molar-refractivity contribution is 5.90. The molecule has 0 atom stereocenters. The van der Waals surface area contributed by atoms with Gasteiger partial charge in [0.25, 0.3) is 5.56 Å². The quantitative estimate of drug-likeness (QED) is 0.708. The number of hydrogen-bond acceptors (Lipinski definition) is 4. The van der Waals surface area contributed by atoms with Crippen LogP contribution in [0.5, 0.6) is 0 Å². The average Bonchev–Trinajstić information content (AvgIpc) is 2.78. The summed E-state index contributed by atoms with van der Waals surface area (Å²) in [6, 6.07) is 16.8. The van der Waals surface area contributed by atoms with Gasteiger partial charge < -0.3 is 15.1 Å². The SMILES string of the molecule is Cc1ccc(-n2nc(N3CCN(C(=O)Nc4cccc(C)c4C)CC3)ccc2=O)cc1. The number of urea groups is 1. The number of piperazine rings is 1. The Morgan fingerprint density at radius 1 is 0.903 bits per heavy atom. The van der Waals surface area contributed by atoms with E-state index in [0.717, 1.165) is 33.9 Å². The number of carbonyl (C=O) groups is 1. The van der Waals surface area contributed by atoms with E-state index in [2.05, 4.69) is 15.3 Å². The van der Waals surface area contributed by atoms with E-state index < -0.39 is 0 Å². The van der Waals surface area contributed by atoms with Crippen LogP contribution in [0.25, 0.3) is 5.69 Å². The van der Waals surface area contributed by atoms with Gasteiger partial charge in [0, 0.05) is 37.9 Å². The second-order valence-electron chi connectivity index (χ2n) is 7.93. The largest absolute Gasteiger partial charge is 0.352 e. The van der Waals surface area contributed by atoms with Crippen LogP contribution in [0.15, 0.2) is 59.4 Å². The van der Waals surface area contributed by atoms with Gasteiger partial charge in [0.1, 0.15) is 5.82 Å². The molecule has 4 rings (SSSR count). The minimum atomic E-state index is -0.167. The van der Waals surface area contributed by atoms with Gasteiger partial charge in [-0.15, -0.1) is 5.10 Å². The fourth-order valence-corrected chi connectivity index (χ4v) is 3.66. The van der Waals surface area contributed by atoms with Crippen LogP contribution >= 0.6 is 0 Å². The molecule has 31 heavy (non-hydrogen) atoms. The normalized spacial score (nSPS) is 13.9. The summed E-state index contributed by atoms with van der Waals surface area (Å²) in [7, 11) is 0. The first-order chi connectivity index (χ1) is 14.9. The molecule has 0 bridgehead atoms. The molecule has 2 aromatic carbocycles.